The fourth-order valence-corrected chi connectivity index (χ4v) is 4.95. The second-order valence-corrected chi connectivity index (χ2v) is 9.46. The molecule has 0 bridgehead atoms. The van der Waals surface area contributed by atoms with Crippen LogP contribution in [-0.2, 0) is 27.9 Å². The van der Waals surface area contributed by atoms with E-state index in [0.717, 1.165) is 15.4 Å². The minimum absolute atomic E-state index is 0.00303. The average molecular weight is 489 g/mol. The molecule has 0 saturated carbocycles. The van der Waals surface area contributed by atoms with Crippen molar-refractivity contribution in [3.63, 3.8) is 0 Å². The maximum Gasteiger partial charge on any atom is 0.247 e. The molecule has 1 N–H and O–H groups in total. The maximum absolute atomic E-state index is 13.6. The number of hydrogen-bond acceptors (Lipinski definition) is 5. The maximum atomic E-state index is 13.6. The normalized spacial score (nSPS) is 11.3. The zero-order valence-electron chi connectivity index (χ0n) is 18.3. The van der Waals surface area contributed by atoms with E-state index in [0.29, 0.717) is 10.8 Å². The van der Waals surface area contributed by atoms with Gasteiger partial charge in [-0.25, -0.2) is 8.42 Å². The summed E-state index contributed by atoms with van der Waals surface area (Å²) in [6.45, 7) is -0.203. The number of sulfonamides is 1. The lowest BCUT2D eigenvalue weighted by Gasteiger charge is -2.23. The molecular weight excluding hydrogens is 464 g/mol. The van der Waals surface area contributed by atoms with Gasteiger partial charge in [0.05, 0.1) is 20.8 Å². The zero-order valence-corrected chi connectivity index (χ0v) is 19.9. The second kappa shape index (κ2) is 11.2. The highest BCUT2D eigenvalue weighted by Crippen LogP contribution is 2.31. The van der Waals surface area contributed by atoms with Gasteiger partial charge < -0.3 is 14.8 Å². The van der Waals surface area contributed by atoms with E-state index in [-0.39, 0.29) is 30.3 Å². The smallest absolute Gasteiger partial charge is 0.247 e. The number of carbonyl (C=O) groups excluding carboxylic acids is 1. The first-order valence-corrected chi connectivity index (χ1v) is 11.9. The number of amides is 1. The largest absolute Gasteiger partial charge is 0.497 e. The summed E-state index contributed by atoms with van der Waals surface area (Å²) in [6.07, 6.45) is 0. The molecule has 0 fully saturated rings. The number of carbonyl (C=O) groups is 1. The van der Waals surface area contributed by atoms with Gasteiger partial charge in [-0.2, -0.15) is 4.31 Å². The van der Waals surface area contributed by atoms with E-state index < -0.39 is 15.9 Å². The molecule has 0 aliphatic rings. The van der Waals surface area contributed by atoms with Crippen LogP contribution in [0.5, 0.6) is 11.5 Å². The first kappa shape index (κ1) is 24.6. The molecule has 9 heteroatoms. The van der Waals surface area contributed by atoms with Crippen LogP contribution in [0.15, 0.2) is 77.7 Å². The number of rotatable bonds is 10. The Kier molecular flexibility index (Phi) is 8.32. The molecule has 0 saturated heterocycles. The number of hydrogen-bond donors (Lipinski definition) is 1. The van der Waals surface area contributed by atoms with E-state index in [2.05, 4.69) is 5.32 Å². The van der Waals surface area contributed by atoms with Gasteiger partial charge in [-0.3, -0.25) is 4.79 Å². The molecule has 0 spiro atoms. The highest BCUT2D eigenvalue weighted by molar-refractivity contribution is 7.89. The highest BCUT2D eigenvalue weighted by atomic mass is 35.5. The van der Waals surface area contributed by atoms with Crippen molar-refractivity contribution in [3.05, 3.63) is 88.9 Å². The summed E-state index contributed by atoms with van der Waals surface area (Å²) in [7, 11) is -1.29. The Hall–Kier alpha value is -3.07. The molecule has 3 aromatic carbocycles. The lowest BCUT2D eigenvalue weighted by Crippen LogP contribution is -2.40. The molecule has 0 aliphatic heterocycles. The van der Waals surface area contributed by atoms with Crippen molar-refractivity contribution < 1.29 is 22.7 Å². The first-order valence-electron chi connectivity index (χ1n) is 10.1. The standard InChI is InChI=1S/C24H25ClN2O5S/c1-31-20-12-13-22(32-2)23(14-20)33(29,30)27(16-18-8-4-3-5-9-18)17-24(28)26-15-19-10-6-7-11-21(19)25/h3-14H,15-17H2,1-2H3,(H,26,28). The van der Waals surface area contributed by atoms with E-state index in [1.807, 2.05) is 24.3 Å². The number of benzene rings is 3. The fourth-order valence-electron chi connectivity index (χ4n) is 3.19. The summed E-state index contributed by atoms with van der Waals surface area (Å²) >= 11 is 6.15. The van der Waals surface area contributed by atoms with Crippen molar-refractivity contribution in [2.24, 2.45) is 0 Å². The second-order valence-electron chi connectivity index (χ2n) is 7.14. The molecule has 7 nitrogen and oxygen atoms in total. The van der Waals surface area contributed by atoms with Gasteiger partial charge in [0.1, 0.15) is 16.4 Å². The van der Waals surface area contributed by atoms with E-state index in [1.165, 1.54) is 26.4 Å². The van der Waals surface area contributed by atoms with E-state index in [4.69, 9.17) is 21.1 Å². The highest BCUT2D eigenvalue weighted by Gasteiger charge is 2.30. The van der Waals surface area contributed by atoms with Crippen LogP contribution < -0.4 is 14.8 Å². The van der Waals surface area contributed by atoms with Gasteiger partial charge in [0.25, 0.3) is 0 Å². The van der Waals surface area contributed by atoms with Gasteiger partial charge in [0.2, 0.25) is 15.9 Å². The molecule has 3 aromatic rings. The molecule has 0 atom stereocenters. The molecule has 174 valence electrons. The summed E-state index contributed by atoms with van der Waals surface area (Å²) in [6, 6.07) is 20.7. The van der Waals surface area contributed by atoms with Crippen LogP contribution in [0.2, 0.25) is 5.02 Å². The lowest BCUT2D eigenvalue weighted by molar-refractivity contribution is -0.121. The van der Waals surface area contributed by atoms with E-state index in [9.17, 15) is 13.2 Å². The van der Waals surface area contributed by atoms with Crippen molar-refractivity contribution in [1.82, 2.24) is 9.62 Å². The molecule has 0 unspecified atom stereocenters. The topological polar surface area (TPSA) is 84.9 Å². The number of ether oxygens (including phenoxy) is 2. The van der Waals surface area contributed by atoms with Crippen LogP contribution >= 0.6 is 11.6 Å². The number of nitrogens with one attached hydrogen (secondary N) is 1. The summed E-state index contributed by atoms with van der Waals surface area (Å²) < 4.78 is 38.9. The Morgan fingerprint density at radius 3 is 2.33 bits per heavy atom. The van der Waals surface area contributed by atoms with Gasteiger partial charge in [-0.1, -0.05) is 60.1 Å². The fraction of sp³-hybridized carbons (Fsp3) is 0.208. The van der Waals surface area contributed by atoms with Gasteiger partial charge in [0, 0.05) is 24.2 Å². The van der Waals surface area contributed by atoms with Gasteiger partial charge in [-0.15, -0.1) is 0 Å². The van der Waals surface area contributed by atoms with Gasteiger partial charge >= 0.3 is 0 Å². The van der Waals surface area contributed by atoms with Crippen LogP contribution in [-0.4, -0.2) is 39.4 Å². The minimum Gasteiger partial charge on any atom is -0.497 e. The van der Waals surface area contributed by atoms with Crippen molar-refractivity contribution in [2.75, 3.05) is 20.8 Å². The predicted molar refractivity (Wildman–Crippen MR) is 127 cm³/mol. The summed E-state index contributed by atoms with van der Waals surface area (Å²) in [4.78, 5) is 12.7. The Morgan fingerprint density at radius 1 is 0.970 bits per heavy atom. The van der Waals surface area contributed by atoms with Crippen LogP contribution in [0.3, 0.4) is 0 Å². The average Bonchev–Trinajstić information content (AvgIpc) is 2.83. The van der Waals surface area contributed by atoms with Crippen LogP contribution in [0.25, 0.3) is 0 Å². The first-order chi connectivity index (χ1) is 15.8. The molecule has 33 heavy (non-hydrogen) atoms. The molecular formula is C24H25ClN2O5S. The zero-order chi connectivity index (χ0) is 23.8. The quantitative estimate of drug-likeness (QED) is 0.468. The van der Waals surface area contributed by atoms with Crippen molar-refractivity contribution in [3.8, 4) is 11.5 Å². The van der Waals surface area contributed by atoms with Gasteiger partial charge in [-0.05, 0) is 29.3 Å². The predicted octanol–water partition coefficient (Wildman–Crippen LogP) is 3.86. The van der Waals surface area contributed by atoms with Crippen LogP contribution in [0.4, 0.5) is 0 Å². The monoisotopic (exact) mass is 488 g/mol. The molecule has 0 radical (unpaired) electrons. The molecule has 1 amide bonds. The number of nitrogens with zero attached hydrogens (tertiary/aromatic N) is 1. The molecule has 3 rings (SSSR count). The third kappa shape index (κ3) is 6.25. The molecule has 0 aliphatic carbocycles. The molecule has 0 aromatic heterocycles. The Balaban J connectivity index is 1.89. The third-order valence-corrected chi connectivity index (χ3v) is 7.13. The van der Waals surface area contributed by atoms with Gasteiger partial charge in [0.15, 0.2) is 0 Å². The Labute approximate surface area is 198 Å². The lowest BCUT2D eigenvalue weighted by atomic mass is 10.2. The minimum atomic E-state index is -4.12. The van der Waals surface area contributed by atoms with Crippen LogP contribution in [0, 0.1) is 0 Å². The Morgan fingerprint density at radius 2 is 1.67 bits per heavy atom. The van der Waals surface area contributed by atoms with E-state index >= 15 is 0 Å². The summed E-state index contributed by atoms with van der Waals surface area (Å²) in [5.74, 6) is 0.0545. The summed E-state index contributed by atoms with van der Waals surface area (Å²) in [5.41, 5.74) is 1.47. The van der Waals surface area contributed by atoms with Crippen molar-refractivity contribution >= 4 is 27.5 Å². The number of halogens is 1. The Bertz CT molecular complexity index is 1200. The SMILES string of the molecule is COc1ccc(OC)c(S(=O)(=O)N(CC(=O)NCc2ccccc2Cl)Cc2ccccc2)c1. The number of methoxy groups -OCH3 is 2. The molecule has 0 heterocycles. The van der Waals surface area contributed by atoms with Crippen LogP contribution in [0.1, 0.15) is 11.1 Å². The van der Waals surface area contributed by atoms with Crippen molar-refractivity contribution in [1.29, 1.82) is 0 Å². The third-order valence-electron chi connectivity index (χ3n) is 4.94. The van der Waals surface area contributed by atoms with Crippen molar-refractivity contribution in [2.45, 2.75) is 18.0 Å². The van der Waals surface area contributed by atoms with E-state index in [1.54, 1.807) is 36.4 Å². The summed E-state index contributed by atoms with van der Waals surface area (Å²) in [5, 5.41) is 3.27.